The molecule has 4 saturated carbocycles. The Labute approximate surface area is 350 Å². The predicted octanol–water partition coefficient (Wildman–Crippen LogP) is 15.4. The molecule has 2 nitrogen and oxygen atoms in total. The first-order valence-corrected chi connectivity index (χ1v) is 22.0. The van der Waals surface area contributed by atoms with Crippen molar-refractivity contribution < 1.29 is 4.42 Å². The Morgan fingerprint density at radius 2 is 1.02 bits per heavy atom. The molecule has 2 heteroatoms. The van der Waals surface area contributed by atoms with Crippen LogP contribution in [0.2, 0.25) is 0 Å². The third-order valence-electron chi connectivity index (χ3n) is 16.2. The number of hydrogen-bond acceptors (Lipinski definition) is 2. The summed E-state index contributed by atoms with van der Waals surface area (Å²) in [6.45, 7) is 0. The van der Waals surface area contributed by atoms with Crippen molar-refractivity contribution >= 4 is 39.0 Å². The number of furan rings is 1. The number of benzene rings is 8. The molecular weight excluding hydrogens is 727 g/mol. The Balaban J connectivity index is 1.00. The molecule has 9 aromatic rings. The highest BCUT2D eigenvalue weighted by molar-refractivity contribution is 6.06. The zero-order valence-corrected chi connectivity index (χ0v) is 33.4. The molecule has 0 amide bonds. The highest BCUT2D eigenvalue weighted by atomic mass is 16.3. The van der Waals surface area contributed by atoms with Gasteiger partial charge in [0.25, 0.3) is 0 Å². The van der Waals surface area contributed by atoms with Gasteiger partial charge in [0, 0.05) is 39.3 Å². The normalized spacial score (nSPS) is 24.9. The fourth-order valence-corrected chi connectivity index (χ4v) is 13.9. The van der Waals surface area contributed by atoms with Gasteiger partial charge in [0.05, 0.1) is 0 Å². The molecule has 0 radical (unpaired) electrons. The standard InChI is InChI=1S/C58H43NO/c1-4-12-36(13-5-1)39-20-23-48-51-33-45(22-25-52(51)58(53(48)29-39)44-31-42-30-43-32-56(58)57(42,43)35-44)59(46-21-24-50-49-18-10-11-19-54(49)60-55(50)34-46)47-27-40(37-14-6-2-7-15-37)26-41(28-47)38-16-8-3-9-17-38/h1-29,33-34,42-44,56H,30-32,35H2. The lowest BCUT2D eigenvalue weighted by molar-refractivity contribution is -0.193. The van der Waals surface area contributed by atoms with Crippen LogP contribution in [0.3, 0.4) is 0 Å². The SMILES string of the molecule is c1ccc(-c2cc(-c3ccccc3)cc(N(c3ccc4c(c3)-c3ccc(-c5ccccc5)cc3C43C4CC5CC6CC3C56C4)c3ccc4c(c3)oc3ccccc34)c2)cc1. The lowest BCUT2D eigenvalue weighted by atomic mass is 9.34. The van der Waals surface area contributed by atoms with Crippen LogP contribution in [-0.2, 0) is 5.41 Å². The summed E-state index contributed by atoms with van der Waals surface area (Å²) in [5.74, 6) is 3.34. The van der Waals surface area contributed by atoms with Crippen LogP contribution in [0.1, 0.15) is 36.8 Å². The van der Waals surface area contributed by atoms with Crippen molar-refractivity contribution in [2.24, 2.45) is 29.1 Å². The minimum absolute atomic E-state index is 0.0904. The quantitative estimate of drug-likeness (QED) is 0.167. The number of para-hydroxylation sites is 1. The fraction of sp³-hybridized carbons (Fsp3) is 0.172. The van der Waals surface area contributed by atoms with Gasteiger partial charge in [-0.1, -0.05) is 127 Å². The van der Waals surface area contributed by atoms with E-state index < -0.39 is 0 Å². The Hall–Kier alpha value is -6.64. The second-order valence-corrected chi connectivity index (χ2v) is 18.5. The molecule has 286 valence electrons. The molecule has 60 heavy (non-hydrogen) atoms. The molecular formula is C58H43NO. The van der Waals surface area contributed by atoms with E-state index in [0.29, 0.717) is 11.3 Å². The minimum Gasteiger partial charge on any atom is -0.456 e. The molecule has 0 aliphatic heterocycles. The smallest absolute Gasteiger partial charge is 0.137 e. The molecule has 0 N–H and O–H groups in total. The van der Waals surface area contributed by atoms with Crippen molar-refractivity contribution in [1.82, 2.24) is 0 Å². The van der Waals surface area contributed by atoms with Gasteiger partial charge in [0.1, 0.15) is 11.2 Å². The summed E-state index contributed by atoms with van der Waals surface area (Å²) in [4.78, 5) is 2.48. The maximum absolute atomic E-state index is 6.57. The first kappa shape index (κ1) is 33.2. The Morgan fingerprint density at radius 1 is 0.400 bits per heavy atom. The average Bonchev–Trinajstić information content (AvgIpc) is 4.02. The fourth-order valence-electron chi connectivity index (χ4n) is 13.9. The third-order valence-corrected chi connectivity index (χ3v) is 16.2. The molecule has 6 unspecified atom stereocenters. The number of anilines is 3. The molecule has 1 aromatic heterocycles. The second-order valence-electron chi connectivity index (χ2n) is 18.5. The van der Waals surface area contributed by atoms with Crippen LogP contribution >= 0.6 is 0 Å². The summed E-state index contributed by atoms with van der Waals surface area (Å²) in [5, 5.41) is 2.29. The second kappa shape index (κ2) is 12.0. The maximum Gasteiger partial charge on any atom is 0.137 e. The topological polar surface area (TPSA) is 16.4 Å². The Morgan fingerprint density at radius 3 is 1.73 bits per heavy atom. The van der Waals surface area contributed by atoms with Gasteiger partial charge < -0.3 is 9.32 Å². The van der Waals surface area contributed by atoms with Gasteiger partial charge in [0.15, 0.2) is 0 Å². The number of hydrogen-bond donors (Lipinski definition) is 0. The summed E-state index contributed by atoms with van der Waals surface area (Å²) in [7, 11) is 0. The molecule has 8 aromatic carbocycles. The van der Waals surface area contributed by atoms with E-state index in [2.05, 4.69) is 193 Å². The zero-order valence-electron chi connectivity index (χ0n) is 33.4. The van der Waals surface area contributed by atoms with Gasteiger partial charge in [0.2, 0.25) is 0 Å². The summed E-state index contributed by atoms with van der Waals surface area (Å²) in [5.41, 5.74) is 19.3. The Bertz CT molecular complexity index is 3140. The van der Waals surface area contributed by atoms with Gasteiger partial charge in [-0.3, -0.25) is 0 Å². The first-order chi connectivity index (χ1) is 29.7. The predicted molar refractivity (Wildman–Crippen MR) is 246 cm³/mol. The molecule has 2 spiro atoms. The molecule has 1 heterocycles. The first-order valence-electron chi connectivity index (χ1n) is 22.0. The van der Waals surface area contributed by atoms with Crippen molar-refractivity contribution in [3.8, 4) is 44.5 Å². The zero-order chi connectivity index (χ0) is 39.2. The van der Waals surface area contributed by atoms with E-state index in [1.807, 2.05) is 0 Å². The summed E-state index contributed by atoms with van der Waals surface area (Å²) in [6, 6.07) is 70.0. The molecule has 5 aliphatic rings. The maximum atomic E-state index is 6.57. The monoisotopic (exact) mass is 769 g/mol. The van der Waals surface area contributed by atoms with Gasteiger partial charge >= 0.3 is 0 Å². The number of nitrogens with zero attached hydrogens (tertiary/aromatic N) is 1. The number of fused-ring (bicyclic) bond motifs is 11. The van der Waals surface area contributed by atoms with Crippen molar-refractivity contribution in [1.29, 1.82) is 0 Å². The van der Waals surface area contributed by atoms with Crippen LogP contribution in [0.4, 0.5) is 17.1 Å². The van der Waals surface area contributed by atoms with Crippen LogP contribution in [0, 0.1) is 29.1 Å². The van der Waals surface area contributed by atoms with Gasteiger partial charge in [-0.2, -0.15) is 0 Å². The van der Waals surface area contributed by atoms with E-state index in [-0.39, 0.29) is 5.41 Å². The van der Waals surface area contributed by atoms with Gasteiger partial charge in [-0.15, -0.1) is 0 Å². The van der Waals surface area contributed by atoms with Crippen LogP contribution < -0.4 is 4.90 Å². The molecule has 6 atom stereocenters. The largest absolute Gasteiger partial charge is 0.456 e. The van der Waals surface area contributed by atoms with Gasteiger partial charge in [-0.25, -0.2) is 0 Å². The Kier molecular flexibility index (Phi) is 6.63. The summed E-state index contributed by atoms with van der Waals surface area (Å²) < 4.78 is 6.57. The molecule has 2 bridgehead atoms. The van der Waals surface area contributed by atoms with E-state index in [1.165, 1.54) is 70.2 Å². The summed E-state index contributed by atoms with van der Waals surface area (Å²) in [6.07, 6.45) is 5.67. The molecule has 0 saturated heterocycles. The van der Waals surface area contributed by atoms with E-state index in [4.69, 9.17) is 4.42 Å². The lowest BCUT2D eigenvalue weighted by Crippen LogP contribution is -2.65. The van der Waals surface area contributed by atoms with Crippen LogP contribution in [-0.4, -0.2) is 0 Å². The minimum atomic E-state index is 0.0904. The van der Waals surface area contributed by atoms with E-state index >= 15 is 0 Å². The average molecular weight is 770 g/mol. The van der Waals surface area contributed by atoms with Crippen molar-refractivity contribution in [2.45, 2.75) is 31.1 Å². The van der Waals surface area contributed by atoms with Crippen molar-refractivity contribution in [2.75, 3.05) is 4.90 Å². The highest BCUT2D eigenvalue weighted by Gasteiger charge is 2.82. The van der Waals surface area contributed by atoms with Crippen LogP contribution in [0.25, 0.3) is 66.4 Å². The number of rotatable bonds is 6. The van der Waals surface area contributed by atoms with Crippen molar-refractivity contribution in [3.63, 3.8) is 0 Å². The third kappa shape index (κ3) is 4.28. The highest BCUT2D eigenvalue weighted by Crippen LogP contribution is 2.88. The van der Waals surface area contributed by atoms with E-state index in [9.17, 15) is 0 Å². The summed E-state index contributed by atoms with van der Waals surface area (Å²) >= 11 is 0. The molecule has 4 fully saturated rings. The van der Waals surface area contributed by atoms with E-state index in [1.54, 1.807) is 11.1 Å². The van der Waals surface area contributed by atoms with Crippen molar-refractivity contribution in [3.05, 3.63) is 199 Å². The lowest BCUT2D eigenvalue weighted by Gasteiger charge is -2.70. The van der Waals surface area contributed by atoms with Crippen LogP contribution in [0.15, 0.2) is 192 Å². The van der Waals surface area contributed by atoms with Crippen LogP contribution in [0.5, 0.6) is 0 Å². The molecule has 5 aliphatic carbocycles. The van der Waals surface area contributed by atoms with E-state index in [0.717, 1.165) is 56.8 Å². The molecule has 14 rings (SSSR count). The van der Waals surface area contributed by atoms with Gasteiger partial charge in [-0.05, 0) is 165 Å².